The number of aromatic hydroxyl groups is 1. The lowest BCUT2D eigenvalue weighted by Gasteiger charge is -2.02. The van der Waals surface area contributed by atoms with Gasteiger partial charge in [-0.1, -0.05) is 6.07 Å². The molecule has 74 valence electrons. The Morgan fingerprint density at radius 1 is 1.50 bits per heavy atom. The molecule has 2 heterocycles. The van der Waals surface area contributed by atoms with Crippen molar-refractivity contribution in [3.8, 4) is 5.88 Å². The van der Waals surface area contributed by atoms with Crippen LogP contribution >= 0.6 is 0 Å². The summed E-state index contributed by atoms with van der Waals surface area (Å²) in [5.74, 6) is 1.12. The summed E-state index contributed by atoms with van der Waals surface area (Å²) in [5, 5.41) is 12.7. The molecule has 0 aliphatic heterocycles. The Morgan fingerprint density at radius 2 is 2.36 bits per heavy atom. The van der Waals surface area contributed by atoms with Gasteiger partial charge in [-0.2, -0.15) is 0 Å². The second-order valence-corrected chi connectivity index (χ2v) is 3.17. The zero-order chi connectivity index (χ0) is 9.97. The van der Waals surface area contributed by atoms with Gasteiger partial charge in [0.15, 0.2) is 5.88 Å². The highest BCUT2D eigenvalue weighted by atomic mass is 16.3. The highest BCUT2D eigenvalue weighted by Crippen LogP contribution is 2.15. The van der Waals surface area contributed by atoms with Crippen molar-refractivity contribution in [2.45, 2.75) is 6.42 Å². The number of rotatable bonds is 3. The Kier molecular flexibility index (Phi) is 2.37. The van der Waals surface area contributed by atoms with E-state index in [9.17, 15) is 5.11 Å². The van der Waals surface area contributed by atoms with Crippen molar-refractivity contribution in [1.29, 1.82) is 0 Å². The van der Waals surface area contributed by atoms with Crippen LogP contribution in [0.25, 0.3) is 5.52 Å². The molecule has 2 aromatic rings. The number of fused-ring (bicyclic) bond motifs is 1. The molecule has 4 heteroatoms. The first kappa shape index (κ1) is 9.02. The predicted molar refractivity (Wildman–Crippen MR) is 54.5 cm³/mol. The standard InChI is InChI=1S/C10H13N3O/c1-11-6-5-9-12-7-8-3-2-4-10(14)13(8)9/h2-4,7,11,14H,5-6H2,1H3. The van der Waals surface area contributed by atoms with E-state index in [4.69, 9.17) is 0 Å². The van der Waals surface area contributed by atoms with E-state index in [0.717, 1.165) is 24.3 Å². The topological polar surface area (TPSA) is 49.6 Å². The molecule has 0 saturated carbocycles. The molecule has 0 aliphatic carbocycles. The summed E-state index contributed by atoms with van der Waals surface area (Å²) in [7, 11) is 1.90. The molecule has 0 aromatic carbocycles. The van der Waals surface area contributed by atoms with Gasteiger partial charge < -0.3 is 10.4 Å². The SMILES string of the molecule is CNCCc1ncc2cccc(O)n12. The van der Waals surface area contributed by atoms with E-state index in [0.29, 0.717) is 0 Å². The van der Waals surface area contributed by atoms with Crippen LogP contribution in [0.3, 0.4) is 0 Å². The van der Waals surface area contributed by atoms with Crippen molar-refractivity contribution in [1.82, 2.24) is 14.7 Å². The van der Waals surface area contributed by atoms with Crippen molar-refractivity contribution < 1.29 is 5.11 Å². The van der Waals surface area contributed by atoms with Crippen LogP contribution in [0.5, 0.6) is 5.88 Å². The summed E-state index contributed by atoms with van der Waals surface area (Å²) in [6.45, 7) is 0.855. The number of nitrogens with one attached hydrogen (secondary N) is 1. The summed E-state index contributed by atoms with van der Waals surface area (Å²) in [4.78, 5) is 4.26. The Morgan fingerprint density at radius 3 is 3.14 bits per heavy atom. The lowest BCUT2D eigenvalue weighted by Crippen LogP contribution is -2.12. The maximum atomic E-state index is 9.64. The molecule has 2 N–H and O–H groups in total. The number of likely N-dealkylation sites (N-methyl/N-ethyl adjacent to an activating group) is 1. The van der Waals surface area contributed by atoms with E-state index in [1.54, 1.807) is 16.7 Å². The third-order valence-corrected chi connectivity index (χ3v) is 2.20. The van der Waals surface area contributed by atoms with Crippen molar-refractivity contribution in [3.63, 3.8) is 0 Å². The van der Waals surface area contributed by atoms with Gasteiger partial charge in [0.2, 0.25) is 0 Å². The first-order valence-corrected chi connectivity index (χ1v) is 4.62. The number of aromatic nitrogens is 2. The van der Waals surface area contributed by atoms with Gasteiger partial charge in [-0.05, 0) is 19.2 Å². The van der Waals surface area contributed by atoms with Gasteiger partial charge in [0.25, 0.3) is 0 Å². The fourth-order valence-electron chi connectivity index (χ4n) is 1.51. The van der Waals surface area contributed by atoms with Gasteiger partial charge in [0.1, 0.15) is 5.82 Å². The van der Waals surface area contributed by atoms with E-state index < -0.39 is 0 Å². The first-order valence-electron chi connectivity index (χ1n) is 4.62. The molecular formula is C10H13N3O. The quantitative estimate of drug-likeness (QED) is 0.754. The summed E-state index contributed by atoms with van der Waals surface area (Å²) in [5.41, 5.74) is 0.927. The largest absolute Gasteiger partial charge is 0.494 e. The van der Waals surface area contributed by atoms with Gasteiger partial charge in [-0.25, -0.2) is 4.98 Å². The van der Waals surface area contributed by atoms with Crippen LogP contribution < -0.4 is 5.32 Å². The molecule has 4 nitrogen and oxygen atoms in total. The predicted octanol–water partition coefficient (Wildman–Crippen LogP) is 0.802. The molecule has 0 atom stereocenters. The van der Waals surface area contributed by atoms with Gasteiger partial charge in [0, 0.05) is 13.0 Å². The lowest BCUT2D eigenvalue weighted by atomic mass is 10.4. The molecule has 0 fully saturated rings. The maximum Gasteiger partial charge on any atom is 0.197 e. The third-order valence-electron chi connectivity index (χ3n) is 2.20. The van der Waals surface area contributed by atoms with E-state index in [1.807, 2.05) is 19.2 Å². The molecule has 0 aliphatic rings. The fourth-order valence-corrected chi connectivity index (χ4v) is 1.51. The molecule has 2 rings (SSSR count). The van der Waals surface area contributed by atoms with Crippen LogP contribution in [0.4, 0.5) is 0 Å². The molecule has 0 amide bonds. The number of hydrogen-bond acceptors (Lipinski definition) is 3. The van der Waals surface area contributed by atoms with Crippen molar-refractivity contribution in [2.24, 2.45) is 0 Å². The van der Waals surface area contributed by atoms with Crippen molar-refractivity contribution >= 4 is 5.52 Å². The van der Waals surface area contributed by atoms with Crippen molar-refractivity contribution in [3.05, 3.63) is 30.2 Å². The molecule has 0 unspecified atom stereocenters. The third kappa shape index (κ3) is 1.44. The molecule has 0 radical (unpaired) electrons. The van der Waals surface area contributed by atoms with Crippen LogP contribution in [0.15, 0.2) is 24.4 Å². The zero-order valence-corrected chi connectivity index (χ0v) is 8.07. The Balaban J connectivity index is 2.45. The number of hydrogen-bond donors (Lipinski definition) is 2. The summed E-state index contributed by atoms with van der Waals surface area (Å²) >= 11 is 0. The van der Waals surface area contributed by atoms with Crippen LogP contribution in [-0.2, 0) is 6.42 Å². The van der Waals surface area contributed by atoms with Gasteiger partial charge in [-0.15, -0.1) is 0 Å². The second kappa shape index (κ2) is 3.67. The summed E-state index contributed by atoms with van der Waals surface area (Å²) < 4.78 is 1.76. The van der Waals surface area contributed by atoms with E-state index in [1.165, 1.54) is 0 Å². The molecule has 0 bridgehead atoms. The number of imidazole rings is 1. The number of nitrogens with zero attached hydrogens (tertiary/aromatic N) is 2. The van der Waals surface area contributed by atoms with Crippen LogP contribution in [0.1, 0.15) is 5.82 Å². The highest BCUT2D eigenvalue weighted by molar-refractivity contribution is 5.48. The Labute approximate surface area is 82.2 Å². The monoisotopic (exact) mass is 191 g/mol. The maximum absolute atomic E-state index is 9.64. The minimum absolute atomic E-state index is 0.242. The normalized spacial score (nSPS) is 10.9. The van der Waals surface area contributed by atoms with Crippen LogP contribution in [0.2, 0.25) is 0 Å². The smallest absolute Gasteiger partial charge is 0.197 e. The van der Waals surface area contributed by atoms with E-state index in [-0.39, 0.29) is 5.88 Å². The summed E-state index contributed by atoms with van der Waals surface area (Å²) in [6, 6.07) is 5.40. The van der Waals surface area contributed by atoms with Crippen LogP contribution in [0, 0.1) is 0 Å². The second-order valence-electron chi connectivity index (χ2n) is 3.17. The van der Waals surface area contributed by atoms with E-state index >= 15 is 0 Å². The lowest BCUT2D eigenvalue weighted by molar-refractivity contribution is 0.442. The molecule has 2 aromatic heterocycles. The highest BCUT2D eigenvalue weighted by Gasteiger charge is 2.05. The Hall–Kier alpha value is -1.55. The minimum atomic E-state index is 0.242. The average Bonchev–Trinajstić information content (AvgIpc) is 2.59. The van der Waals surface area contributed by atoms with E-state index in [2.05, 4.69) is 10.3 Å². The molecule has 14 heavy (non-hydrogen) atoms. The van der Waals surface area contributed by atoms with Crippen molar-refractivity contribution in [2.75, 3.05) is 13.6 Å². The first-order chi connectivity index (χ1) is 6.83. The fraction of sp³-hybridized carbons (Fsp3) is 0.300. The molecule has 0 spiro atoms. The minimum Gasteiger partial charge on any atom is -0.494 e. The van der Waals surface area contributed by atoms with Gasteiger partial charge in [-0.3, -0.25) is 4.40 Å². The van der Waals surface area contributed by atoms with Crippen LogP contribution in [-0.4, -0.2) is 28.1 Å². The molecule has 0 saturated heterocycles. The Bertz CT molecular complexity index is 436. The summed E-state index contributed by atoms with van der Waals surface area (Å²) in [6.07, 6.45) is 2.58. The van der Waals surface area contributed by atoms with Gasteiger partial charge in [0.05, 0.1) is 11.7 Å². The average molecular weight is 191 g/mol. The zero-order valence-electron chi connectivity index (χ0n) is 8.07. The number of pyridine rings is 1. The van der Waals surface area contributed by atoms with Gasteiger partial charge >= 0.3 is 0 Å². The molecular weight excluding hydrogens is 178 g/mol.